The summed E-state index contributed by atoms with van der Waals surface area (Å²) in [5.74, 6) is 0.767. The van der Waals surface area contributed by atoms with Crippen LogP contribution in [0, 0.1) is 29.6 Å². The van der Waals surface area contributed by atoms with Crippen LogP contribution in [-0.2, 0) is 9.59 Å². The molecular weight excluding hydrogens is 252 g/mol. The Morgan fingerprint density at radius 3 is 2.70 bits per heavy atom. The van der Waals surface area contributed by atoms with E-state index >= 15 is 0 Å². The predicted octanol–water partition coefficient (Wildman–Crippen LogP) is 2.74. The number of carbonyl (C=O) groups is 2. The molecule has 1 N–H and O–H groups in total. The standard InChI is InChI=1S/C17H18O3/c1-2-8-5-11-7-12-9-3-4-10(6-9)13(12)16(19)14(11)17(20)15(8)18/h2-4,9-13,20H,5-7H2,1H3/b8-2+. The first-order valence-electron chi connectivity index (χ1n) is 7.47. The Morgan fingerprint density at radius 2 is 1.95 bits per heavy atom. The first kappa shape index (κ1) is 12.1. The SMILES string of the molecule is C/C=C1\CC2CC3C4C=CC(C4)C3C(=O)C2=C(O)C1=O. The average molecular weight is 270 g/mol. The normalized spacial score (nSPS) is 44.2. The highest BCUT2D eigenvalue weighted by molar-refractivity contribution is 6.14. The van der Waals surface area contributed by atoms with Crippen LogP contribution in [0.5, 0.6) is 0 Å². The maximum Gasteiger partial charge on any atom is 0.223 e. The minimum absolute atomic E-state index is 0.0124. The molecule has 0 heterocycles. The summed E-state index contributed by atoms with van der Waals surface area (Å²) in [5.41, 5.74) is 1.09. The molecule has 20 heavy (non-hydrogen) atoms. The van der Waals surface area contributed by atoms with Gasteiger partial charge in [0, 0.05) is 11.5 Å². The van der Waals surface area contributed by atoms with Crippen molar-refractivity contribution in [2.24, 2.45) is 29.6 Å². The van der Waals surface area contributed by atoms with Crippen LogP contribution in [0.4, 0.5) is 0 Å². The Kier molecular flexibility index (Phi) is 2.39. The molecule has 0 radical (unpaired) electrons. The minimum atomic E-state index is -0.343. The van der Waals surface area contributed by atoms with Gasteiger partial charge in [0.25, 0.3) is 0 Å². The van der Waals surface area contributed by atoms with Crippen molar-refractivity contribution in [2.75, 3.05) is 0 Å². The molecule has 4 aliphatic rings. The molecule has 5 atom stereocenters. The number of hydrogen-bond acceptors (Lipinski definition) is 3. The second-order valence-electron chi connectivity index (χ2n) is 6.54. The van der Waals surface area contributed by atoms with Gasteiger partial charge in [0.1, 0.15) is 0 Å². The van der Waals surface area contributed by atoms with E-state index in [0.29, 0.717) is 35.3 Å². The number of rotatable bonds is 0. The minimum Gasteiger partial charge on any atom is -0.504 e. The lowest BCUT2D eigenvalue weighted by atomic mass is 9.63. The van der Waals surface area contributed by atoms with E-state index in [1.807, 2.05) is 6.92 Å². The zero-order chi connectivity index (χ0) is 14.0. The van der Waals surface area contributed by atoms with Crippen LogP contribution in [0.2, 0.25) is 0 Å². The molecule has 104 valence electrons. The van der Waals surface area contributed by atoms with Gasteiger partial charge in [-0.05, 0) is 55.4 Å². The number of hydrogen-bond donors (Lipinski definition) is 1. The Morgan fingerprint density at radius 1 is 1.20 bits per heavy atom. The highest BCUT2D eigenvalue weighted by Crippen LogP contribution is 2.56. The van der Waals surface area contributed by atoms with Crippen LogP contribution in [0.1, 0.15) is 26.2 Å². The molecule has 3 heteroatoms. The van der Waals surface area contributed by atoms with Gasteiger partial charge < -0.3 is 5.11 Å². The highest BCUT2D eigenvalue weighted by Gasteiger charge is 2.54. The lowest BCUT2D eigenvalue weighted by Gasteiger charge is -2.39. The smallest absolute Gasteiger partial charge is 0.223 e. The fraction of sp³-hybridized carbons (Fsp3) is 0.529. The quantitative estimate of drug-likeness (QED) is 0.544. The molecule has 5 unspecified atom stereocenters. The topological polar surface area (TPSA) is 54.4 Å². The molecule has 0 aromatic carbocycles. The van der Waals surface area contributed by atoms with E-state index in [-0.39, 0.29) is 29.2 Å². The molecule has 0 spiro atoms. The summed E-state index contributed by atoms with van der Waals surface area (Å²) >= 11 is 0. The summed E-state index contributed by atoms with van der Waals surface area (Å²) in [7, 11) is 0. The molecule has 0 aliphatic heterocycles. The average Bonchev–Trinajstić information content (AvgIpc) is 3.03. The Bertz CT molecular complexity index is 608. The zero-order valence-corrected chi connectivity index (χ0v) is 11.5. The van der Waals surface area contributed by atoms with Crippen LogP contribution in [0.3, 0.4) is 0 Å². The largest absolute Gasteiger partial charge is 0.504 e. The van der Waals surface area contributed by atoms with Crippen molar-refractivity contribution in [1.82, 2.24) is 0 Å². The van der Waals surface area contributed by atoms with E-state index in [9.17, 15) is 14.7 Å². The fourth-order valence-electron chi connectivity index (χ4n) is 4.84. The van der Waals surface area contributed by atoms with Gasteiger partial charge in [0.2, 0.25) is 5.78 Å². The number of carbonyl (C=O) groups excluding carboxylic acids is 2. The van der Waals surface area contributed by atoms with Gasteiger partial charge in [-0.25, -0.2) is 0 Å². The number of ketones is 2. The van der Waals surface area contributed by atoms with E-state index in [4.69, 9.17) is 0 Å². The van der Waals surface area contributed by atoms with Gasteiger partial charge in [0.15, 0.2) is 11.5 Å². The maximum atomic E-state index is 12.8. The molecule has 0 aromatic heterocycles. The molecule has 0 amide bonds. The molecule has 0 saturated heterocycles. The third-order valence-corrected chi connectivity index (χ3v) is 5.73. The van der Waals surface area contributed by atoms with Crippen LogP contribution in [0.15, 0.2) is 35.1 Å². The van der Waals surface area contributed by atoms with Crippen molar-refractivity contribution in [3.63, 3.8) is 0 Å². The van der Waals surface area contributed by atoms with Gasteiger partial charge in [-0.15, -0.1) is 0 Å². The van der Waals surface area contributed by atoms with E-state index in [2.05, 4.69) is 12.2 Å². The maximum absolute atomic E-state index is 12.8. The Hall–Kier alpha value is -1.64. The van der Waals surface area contributed by atoms with Crippen molar-refractivity contribution in [3.8, 4) is 0 Å². The fourth-order valence-corrected chi connectivity index (χ4v) is 4.84. The molecule has 4 rings (SSSR count). The molecule has 4 aliphatic carbocycles. The van der Waals surface area contributed by atoms with E-state index in [0.717, 1.165) is 12.8 Å². The van der Waals surface area contributed by atoms with Crippen LogP contribution >= 0.6 is 0 Å². The lowest BCUT2D eigenvalue weighted by Crippen LogP contribution is -2.41. The summed E-state index contributed by atoms with van der Waals surface area (Å²) in [6.45, 7) is 1.82. The van der Waals surface area contributed by atoms with Crippen LogP contribution < -0.4 is 0 Å². The molecule has 3 nitrogen and oxygen atoms in total. The van der Waals surface area contributed by atoms with E-state index < -0.39 is 0 Å². The van der Waals surface area contributed by atoms with Gasteiger partial charge in [-0.3, -0.25) is 9.59 Å². The summed E-state index contributed by atoms with van der Waals surface area (Å²) in [4.78, 5) is 24.8. The van der Waals surface area contributed by atoms with Gasteiger partial charge in [0.05, 0.1) is 0 Å². The van der Waals surface area contributed by atoms with E-state index in [1.54, 1.807) is 6.08 Å². The van der Waals surface area contributed by atoms with Crippen molar-refractivity contribution in [1.29, 1.82) is 0 Å². The number of aliphatic hydroxyl groups excluding tert-OH is 1. The van der Waals surface area contributed by atoms with Gasteiger partial charge in [-0.2, -0.15) is 0 Å². The lowest BCUT2D eigenvalue weighted by molar-refractivity contribution is -0.126. The Labute approximate surface area is 118 Å². The number of aliphatic hydroxyl groups is 1. The molecule has 0 aromatic rings. The third-order valence-electron chi connectivity index (χ3n) is 5.73. The third kappa shape index (κ3) is 1.36. The van der Waals surface area contributed by atoms with Crippen molar-refractivity contribution in [3.05, 3.63) is 35.1 Å². The van der Waals surface area contributed by atoms with Crippen molar-refractivity contribution >= 4 is 11.6 Å². The van der Waals surface area contributed by atoms with Gasteiger partial charge >= 0.3 is 0 Å². The summed E-state index contributed by atoms with van der Waals surface area (Å²) in [6, 6.07) is 0. The molecule has 2 fully saturated rings. The van der Waals surface area contributed by atoms with Crippen molar-refractivity contribution in [2.45, 2.75) is 26.2 Å². The summed E-state index contributed by atoms with van der Waals surface area (Å²) < 4.78 is 0. The second-order valence-corrected chi connectivity index (χ2v) is 6.54. The molecule has 2 saturated carbocycles. The van der Waals surface area contributed by atoms with Gasteiger partial charge in [-0.1, -0.05) is 18.2 Å². The first-order chi connectivity index (χ1) is 9.61. The highest BCUT2D eigenvalue weighted by atomic mass is 16.3. The monoisotopic (exact) mass is 270 g/mol. The predicted molar refractivity (Wildman–Crippen MR) is 73.9 cm³/mol. The Balaban J connectivity index is 1.80. The molecule has 2 bridgehead atoms. The first-order valence-corrected chi connectivity index (χ1v) is 7.47. The zero-order valence-electron chi connectivity index (χ0n) is 11.5. The van der Waals surface area contributed by atoms with Crippen molar-refractivity contribution < 1.29 is 14.7 Å². The summed E-state index contributed by atoms with van der Waals surface area (Å²) in [5, 5.41) is 10.2. The second kappa shape index (κ2) is 3.94. The number of fused-ring (bicyclic) bond motifs is 6. The number of Topliss-reactive ketones (excluding diaryl/α,β-unsaturated/α-hetero) is 2. The van der Waals surface area contributed by atoms with Crippen LogP contribution in [0.25, 0.3) is 0 Å². The summed E-state index contributed by atoms with van der Waals surface area (Å²) in [6.07, 6.45) is 8.82. The van der Waals surface area contributed by atoms with Crippen LogP contribution in [-0.4, -0.2) is 16.7 Å². The number of allylic oxidation sites excluding steroid dienone is 5. The molecular formula is C17H18O3. The van der Waals surface area contributed by atoms with E-state index in [1.165, 1.54) is 0 Å².